The predicted molar refractivity (Wildman–Crippen MR) is 126 cm³/mol. The number of anilines is 1. The maximum absolute atomic E-state index is 13.1. The molecule has 5 aliphatic rings. The van der Waals surface area contributed by atoms with Crippen LogP contribution < -0.4 is 4.90 Å². The molecule has 0 radical (unpaired) electrons. The zero-order valence-corrected chi connectivity index (χ0v) is 20.4. The lowest BCUT2D eigenvalue weighted by Crippen LogP contribution is -2.67. The number of aromatic nitrogens is 4. The molecule has 1 spiro atoms. The molecule has 5 fully saturated rings. The van der Waals surface area contributed by atoms with E-state index in [4.69, 9.17) is 0 Å². The summed E-state index contributed by atoms with van der Waals surface area (Å²) in [5, 5.41) is 14.6. The summed E-state index contributed by atoms with van der Waals surface area (Å²) < 4.78 is 41.3. The molecule has 5 heterocycles. The number of carbonyl (C=O) groups is 1. The van der Waals surface area contributed by atoms with Crippen LogP contribution in [0, 0.1) is 5.41 Å². The van der Waals surface area contributed by atoms with Gasteiger partial charge in [-0.2, -0.15) is 18.3 Å². The molecule has 2 aromatic rings. The van der Waals surface area contributed by atoms with Crippen LogP contribution in [0.15, 0.2) is 24.7 Å². The van der Waals surface area contributed by atoms with Crippen LogP contribution in [0.25, 0.3) is 0 Å². The first-order valence-electron chi connectivity index (χ1n) is 13.1. The van der Waals surface area contributed by atoms with E-state index >= 15 is 0 Å². The third-order valence-corrected chi connectivity index (χ3v) is 9.00. The van der Waals surface area contributed by atoms with E-state index in [-0.39, 0.29) is 30.3 Å². The second kappa shape index (κ2) is 7.81. The zero-order chi connectivity index (χ0) is 25.6. The average molecular weight is 518 g/mol. The van der Waals surface area contributed by atoms with Gasteiger partial charge >= 0.3 is 12.2 Å². The lowest BCUT2D eigenvalue weighted by Gasteiger charge is -2.60. The molecular formula is C25H30F3N7O2. The van der Waals surface area contributed by atoms with E-state index in [1.54, 1.807) is 12.3 Å². The van der Waals surface area contributed by atoms with Gasteiger partial charge in [0.2, 0.25) is 0 Å². The monoisotopic (exact) mass is 517 g/mol. The molecule has 0 aromatic carbocycles. The van der Waals surface area contributed by atoms with Gasteiger partial charge in [0.1, 0.15) is 12.1 Å². The molecule has 7 rings (SSSR count). The molecule has 0 unspecified atom stereocenters. The Hall–Kier alpha value is -2.89. The quantitative estimate of drug-likeness (QED) is 0.671. The maximum atomic E-state index is 13.1. The third-order valence-electron chi connectivity index (χ3n) is 9.00. The summed E-state index contributed by atoms with van der Waals surface area (Å²) in [5.41, 5.74) is -1.49. The first-order chi connectivity index (χ1) is 17.6. The number of hydrogen-bond acceptors (Lipinski definition) is 6. The van der Waals surface area contributed by atoms with Crippen molar-refractivity contribution in [1.29, 1.82) is 0 Å². The molecule has 0 bridgehead atoms. The van der Waals surface area contributed by atoms with E-state index in [1.807, 2.05) is 26.9 Å². The van der Waals surface area contributed by atoms with Gasteiger partial charge in [-0.25, -0.2) is 19.4 Å². The number of hydrogen-bond donors (Lipinski definition) is 1. The van der Waals surface area contributed by atoms with Crippen molar-refractivity contribution in [1.82, 2.24) is 29.5 Å². The molecule has 2 saturated carbocycles. The van der Waals surface area contributed by atoms with Gasteiger partial charge in [-0.3, -0.25) is 0 Å². The van der Waals surface area contributed by atoms with Crippen molar-refractivity contribution in [3.05, 3.63) is 36.0 Å². The van der Waals surface area contributed by atoms with E-state index < -0.39 is 18.3 Å². The van der Waals surface area contributed by atoms with Crippen LogP contribution in [-0.2, 0) is 0 Å². The zero-order valence-electron chi connectivity index (χ0n) is 20.4. The fourth-order valence-electron chi connectivity index (χ4n) is 6.37. The molecule has 3 aliphatic heterocycles. The minimum absolute atomic E-state index is 0.0789. The highest BCUT2D eigenvalue weighted by atomic mass is 19.4. The Morgan fingerprint density at radius 2 is 1.78 bits per heavy atom. The smallest absolute Gasteiger partial charge is 0.379 e. The number of aliphatic hydroxyl groups is 1. The van der Waals surface area contributed by atoms with Crippen molar-refractivity contribution in [3.63, 3.8) is 0 Å². The molecule has 2 amide bonds. The number of alkyl halides is 3. The van der Waals surface area contributed by atoms with Gasteiger partial charge in [0, 0.05) is 62.6 Å². The number of nitrogens with zero attached hydrogens (tertiary/aromatic N) is 7. The maximum Gasteiger partial charge on any atom is 0.418 e. The Kier molecular flexibility index (Phi) is 4.91. The molecular weight excluding hydrogens is 487 g/mol. The van der Waals surface area contributed by atoms with Crippen LogP contribution in [0.5, 0.6) is 0 Å². The summed E-state index contributed by atoms with van der Waals surface area (Å²) in [6, 6.07) is 4.04. The summed E-state index contributed by atoms with van der Waals surface area (Å²) in [4.78, 5) is 27.0. The summed E-state index contributed by atoms with van der Waals surface area (Å²) in [7, 11) is 0. The minimum atomic E-state index is -4.66. The number of halogens is 3. The SMILES string of the molecule is O=C(N1CC(c2ccc(N3CC[C@@](O)(C(F)(F)F)C3)nc2)C1)N1CC2(CC(n3cnc(C4CC4)n3)C2)C1. The van der Waals surface area contributed by atoms with E-state index in [0.29, 0.717) is 30.9 Å². The number of urea groups is 1. The Morgan fingerprint density at radius 3 is 2.41 bits per heavy atom. The topological polar surface area (TPSA) is 90.6 Å². The van der Waals surface area contributed by atoms with Crippen molar-refractivity contribution >= 4 is 11.8 Å². The van der Waals surface area contributed by atoms with Gasteiger partial charge in [-0.05, 0) is 37.3 Å². The fourth-order valence-corrected chi connectivity index (χ4v) is 6.37. The Balaban J connectivity index is 0.872. The second-order valence-corrected chi connectivity index (χ2v) is 11.8. The van der Waals surface area contributed by atoms with Gasteiger partial charge in [-0.15, -0.1) is 0 Å². The first kappa shape index (κ1) is 23.2. The Bertz CT molecular complexity index is 1190. The van der Waals surface area contributed by atoms with E-state index in [2.05, 4.69) is 15.1 Å². The Labute approximate surface area is 212 Å². The number of β-amino-alcohol motifs (C(OH)–C–C–N with tert-alkyl or cyclic N) is 1. The lowest BCUT2D eigenvalue weighted by molar-refractivity contribution is -0.250. The van der Waals surface area contributed by atoms with Crippen LogP contribution in [0.1, 0.15) is 61.4 Å². The molecule has 3 saturated heterocycles. The summed E-state index contributed by atoms with van der Waals surface area (Å²) in [6.45, 7) is 2.42. The average Bonchev–Trinajstić information content (AvgIpc) is 3.36. The highest BCUT2D eigenvalue weighted by Gasteiger charge is 2.58. The second-order valence-electron chi connectivity index (χ2n) is 11.8. The van der Waals surface area contributed by atoms with Gasteiger partial charge in [0.15, 0.2) is 11.4 Å². The van der Waals surface area contributed by atoms with Crippen LogP contribution >= 0.6 is 0 Å². The molecule has 198 valence electrons. The Morgan fingerprint density at radius 1 is 1.03 bits per heavy atom. The van der Waals surface area contributed by atoms with Crippen LogP contribution in [0.3, 0.4) is 0 Å². The number of carbonyl (C=O) groups excluding carboxylic acids is 1. The number of amides is 2. The third kappa shape index (κ3) is 3.86. The van der Waals surface area contributed by atoms with Gasteiger partial charge in [0.25, 0.3) is 0 Å². The van der Waals surface area contributed by atoms with E-state index in [0.717, 1.165) is 37.3 Å². The molecule has 12 heteroatoms. The van der Waals surface area contributed by atoms with Crippen molar-refractivity contribution in [2.24, 2.45) is 5.41 Å². The van der Waals surface area contributed by atoms with Crippen LogP contribution in [0.2, 0.25) is 0 Å². The molecule has 1 N–H and O–H groups in total. The van der Waals surface area contributed by atoms with Crippen molar-refractivity contribution in [2.45, 2.75) is 61.8 Å². The van der Waals surface area contributed by atoms with Crippen LogP contribution in [-0.4, -0.2) is 91.7 Å². The molecule has 9 nitrogen and oxygen atoms in total. The van der Waals surface area contributed by atoms with E-state index in [9.17, 15) is 23.1 Å². The van der Waals surface area contributed by atoms with Crippen molar-refractivity contribution in [3.8, 4) is 0 Å². The lowest BCUT2D eigenvalue weighted by atomic mass is 9.61. The molecule has 2 aromatic heterocycles. The normalized spacial score (nSPS) is 27.8. The number of pyridine rings is 1. The summed E-state index contributed by atoms with van der Waals surface area (Å²) >= 11 is 0. The van der Waals surface area contributed by atoms with Crippen molar-refractivity contribution < 1.29 is 23.1 Å². The summed E-state index contributed by atoms with van der Waals surface area (Å²) in [5.74, 6) is 2.14. The molecule has 2 aliphatic carbocycles. The highest BCUT2D eigenvalue weighted by Crippen LogP contribution is 2.54. The summed E-state index contributed by atoms with van der Waals surface area (Å²) in [6.07, 6.45) is 3.01. The standard InChI is InChI=1S/C25H30F3N7O2/c26-25(27,28)24(37)5-6-32(14-24)20-4-3-17(9-29-20)18-10-33(11-18)22(36)34-12-23(13-34)7-19(8-23)35-15-30-21(31-35)16-1-2-16/h3-4,9,15-16,18-19,37H,1-2,5-8,10-14H2/t24-/m0/s1. The minimum Gasteiger partial charge on any atom is -0.379 e. The van der Waals surface area contributed by atoms with Gasteiger partial charge < -0.3 is 19.8 Å². The number of likely N-dealkylation sites (tertiary alicyclic amines) is 2. The van der Waals surface area contributed by atoms with Crippen LogP contribution in [0.4, 0.5) is 23.8 Å². The van der Waals surface area contributed by atoms with Gasteiger partial charge in [0.05, 0.1) is 12.6 Å². The number of rotatable bonds is 4. The van der Waals surface area contributed by atoms with Crippen molar-refractivity contribution in [2.75, 3.05) is 44.2 Å². The fraction of sp³-hybridized carbons (Fsp3) is 0.680. The first-order valence-corrected chi connectivity index (χ1v) is 13.1. The highest BCUT2D eigenvalue weighted by molar-refractivity contribution is 5.77. The van der Waals surface area contributed by atoms with E-state index in [1.165, 1.54) is 17.7 Å². The van der Waals surface area contributed by atoms with Gasteiger partial charge in [-0.1, -0.05) is 6.07 Å². The molecule has 1 atom stereocenters. The largest absolute Gasteiger partial charge is 0.418 e. The molecule has 37 heavy (non-hydrogen) atoms. The predicted octanol–water partition coefficient (Wildman–Crippen LogP) is 2.91.